The number of hydrogen-bond donors (Lipinski definition) is 2. The van der Waals surface area contributed by atoms with Crippen molar-refractivity contribution in [2.75, 3.05) is 0 Å². The van der Waals surface area contributed by atoms with Gasteiger partial charge in [-0.3, -0.25) is 0 Å². The van der Waals surface area contributed by atoms with E-state index in [0.717, 1.165) is 5.56 Å². The van der Waals surface area contributed by atoms with Crippen molar-refractivity contribution in [3.8, 4) is 0 Å². The van der Waals surface area contributed by atoms with E-state index in [1.165, 1.54) is 0 Å². The van der Waals surface area contributed by atoms with Crippen molar-refractivity contribution in [3.05, 3.63) is 35.9 Å². The predicted octanol–water partition coefficient (Wildman–Crippen LogP) is 1.56. The number of carbonyl (C=O) groups is 2. The highest BCUT2D eigenvalue weighted by atomic mass is 16.5. The molecule has 19 heavy (non-hydrogen) atoms. The fourth-order valence-electron chi connectivity index (χ4n) is 1.75. The highest BCUT2D eigenvalue weighted by molar-refractivity contribution is 6.03. The number of carboxylic acids is 1. The Morgan fingerprint density at radius 2 is 1.89 bits per heavy atom. The number of nitrogens with two attached hydrogens (primary N) is 1. The summed E-state index contributed by atoms with van der Waals surface area (Å²) in [5, 5.41) is 9.12. The van der Waals surface area contributed by atoms with Gasteiger partial charge in [-0.25, -0.2) is 9.59 Å². The summed E-state index contributed by atoms with van der Waals surface area (Å²) in [6.07, 6.45) is 0.0377. The Labute approximate surface area is 112 Å². The fourth-order valence-corrected chi connectivity index (χ4v) is 1.75. The monoisotopic (exact) mass is 265 g/mol. The molecule has 0 amide bonds. The molecule has 0 unspecified atom stereocenters. The SMILES string of the molecule is CC(C)C[C@](N)(C(=O)O)C(=O)OCc1ccccc1. The van der Waals surface area contributed by atoms with Gasteiger partial charge in [0.1, 0.15) is 6.61 Å². The second kappa shape index (κ2) is 6.33. The zero-order chi connectivity index (χ0) is 14.5. The number of ether oxygens (including phenoxy) is 1. The lowest BCUT2D eigenvalue weighted by Crippen LogP contribution is -2.56. The first-order chi connectivity index (χ1) is 8.86. The molecule has 0 saturated carbocycles. The van der Waals surface area contributed by atoms with E-state index in [9.17, 15) is 9.59 Å². The highest BCUT2D eigenvalue weighted by Gasteiger charge is 2.44. The van der Waals surface area contributed by atoms with E-state index in [1.54, 1.807) is 26.0 Å². The van der Waals surface area contributed by atoms with Crippen LogP contribution in [-0.4, -0.2) is 22.6 Å². The zero-order valence-corrected chi connectivity index (χ0v) is 11.1. The van der Waals surface area contributed by atoms with Crippen molar-refractivity contribution in [3.63, 3.8) is 0 Å². The third-order valence-corrected chi connectivity index (χ3v) is 2.69. The first kappa shape index (κ1) is 15.2. The molecule has 5 nitrogen and oxygen atoms in total. The molecule has 104 valence electrons. The third kappa shape index (κ3) is 4.06. The van der Waals surface area contributed by atoms with Crippen molar-refractivity contribution < 1.29 is 19.4 Å². The van der Waals surface area contributed by atoms with Gasteiger partial charge in [-0.1, -0.05) is 44.2 Å². The molecule has 0 aromatic heterocycles. The Morgan fingerprint density at radius 3 is 2.37 bits per heavy atom. The van der Waals surface area contributed by atoms with Gasteiger partial charge in [-0.05, 0) is 17.9 Å². The molecule has 1 aromatic carbocycles. The van der Waals surface area contributed by atoms with E-state index in [2.05, 4.69) is 0 Å². The molecule has 0 spiro atoms. The molecule has 0 bridgehead atoms. The molecule has 3 N–H and O–H groups in total. The number of carboxylic acid groups (broad SMARTS) is 1. The van der Waals surface area contributed by atoms with Crippen LogP contribution in [0.3, 0.4) is 0 Å². The van der Waals surface area contributed by atoms with Gasteiger partial charge in [0.05, 0.1) is 0 Å². The Hall–Kier alpha value is -1.88. The van der Waals surface area contributed by atoms with Gasteiger partial charge in [0, 0.05) is 0 Å². The molecule has 0 aliphatic carbocycles. The smallest absolute Gasteiger partial charge is 0.338 e. The third-order valence-electron chi connectivity index (χ3n) is 2.69. The van der Waals surface area contributed by atoms with Crippen LogP contribution in [0.4, 0.5) is 0 Å². The van der Waals surface area contributed by atoms with Gasteiger partial charge in [-0.15, -0.1) is 0 Å². The van der Waals surface area contributed by atoms with Gasteiger partial charge in [0.25, 0.3) is 0 Å². The lowest BCUT2D eigenvalue weighted by molar-refractivity contribution is -0.162. The summed E-state index contributed by atoms with van der Waals surface area (Å²) in [6.45, 7) is 3.62. The largest absolute Gasteiger partial charge is 0.479 e. The predicted molar refractivity (Wildman–Crippen MR) is 70.2 cm³/mol. The average molecular weight is 265 g/mol. The minimum absolute atomic E-state index is 0.0179. The number of benzene rings is 1. The van der Waals surface area contributed by atoms with E-state index >= 15 is 0 Å². The highest BCUT2D eigenvalue weighted by Crippen LogP contribution is 2.17. The maximum absolute atomic E-state index is 11.9. The minimum Gasteiger partial charge on any atom is -0.479 e. The summed E-state index contributed by atoms with van der Waals surface area (Å²) in [6, 6.07) is 9.03. The van der Waals surface area contributed by atoms with Crippen molar-refractivity contribution in [2.45, 2.75) is 32.4 Å². The molecular formula is C14H19NO4. The van der Waals surface area contributed by atoms with Gasteiger partial charge in [0.15, 0.2) is 0 Å². The van der Waals surface area contributed by atoms with Crippen molar-refractivity contribution in [2.24, 2.45) is 11.7 Å². The topological polar surface area (TPSA) is 89.6 Å². The van der Waals surface area contributed by atoms with Crippen molar-refractivity contribution in [1.29, 1.82) is 0 Å². The molecule has 1 atom stereocenters. The summed E-state index contributed by atoms with van der Waals surface area (Å²) in [4.78, 5) is 23.1. The Kier molecular flexibility index (Phi) is 5.06. The average Bonchev–Trinajstić information content (AvgIpc) is 2.36. The number of rotatable bonds is 6. The number of hydrogen-bond acceptors (Lipinski definition) is 4. The quantitative estimate of drug-likeness (QED) is 0.601. The maximum Gasteiger partial charge on any atom is 0.338 e. The molecule has 0 saturated heterocycles. The van der Waals surface area contributed by atoms with E-state index in [-0.39, 0.29) is 18.9 Å². The van der Waals surface area contributed by atoms with Gasteiger partial charge < -0.3 is 15.6 Å². The molecule has 0 heterocycles. The van der Waals surface area contributed by atoms with E-state index in [0.29, 0.717) is 0 Å². The lowest BCUT2D eigenvalue weighted by Gasteiger charge is -2.24. The first-order valence-electron chi connectivity index (χ1n) is 6.09. The number of carbonyl (C=O) groups excluding carboxylic acids is 1. The standard InChI is InChI=1S/C14H19NO4/c1-10(2)8-14(15,12(16)17)13(18)19-9-11-6-4-3-5-7-11/h3-7,10H,8-9,15H2,1-2H3,(H,16,17)/t14-/m0/s1. The summed E-state index contributed by atoms with van der Waals surface area (Å²) in [5.41, 5.74) is 4.48. The molecular weight excluding hydrogens is 246 g/mol. The van der Waals surface area contributed by atoms with Crippen LogP contribution in [0.5, 0.6) is 0 Å². The Balaban J connectivity index is 2.71. The lowest BCUT2D eigenvalue weighted by atomic mass is 9.90. The zero-order valence-electron chi connectivity index (χ0n) is 11.1. The van der Waals surface area contributed by atoms with Crippen LogP contribution in [0.15, 0.2) is 30.3 Å². The van der Waals surface area contributed by atoms with E-state index in [4.69, 9.17) is 15.6 Å². The summed E-state index contributed by atoms with van der Waals surface area (Å²) >= 11 is 0. The Morgan fingerprint density at radius 1 is 1.32 bits per heavy atom. The number of aliphatic carboxylic acids is 1. The van der Waals surface area contributed by atoms with Crippen LogP contribution in [0, 0.1) is 5.92 Å². The molecule has 1 aromatic rings. The molecule has 5 heteroatoms. The van der Waals surface area contributed by atoms with Gasteiger partial charge >= 0.3 is 11.9 Å². The van der Waals surface area contributed by atoms with E-state index in [1.807, 2.05) is 18.2 Å². The fraction of sp³-hybridized carbons (Fsp3) is 0.429. The van der Waals surface area contributed by atoms with Crippen molar-refractivity contribution >= 4 is 11.9 Å². The summed E-state index contributed by atoms with van der Waals surface area (Å²) in [7, 11) is 0. The second-order valence-electron chi connectivity index (χ2n) is 4.94. The van der Waals surface area contributed by atoms with Crippen LogP contribution >= 0.6 is 0 Å². The van der Waals surface area contributed by atoms with Crippen molar-refractivity contribution in [1.82, 2.24) is 0 Å². The van der Waals surface area contributed by atoms with Crippen LogP contribution in [0.1, 0.15) is 25.8 Å². The second-order valence-corrected chi connectivity index (χ2v) is 4.94. The van der Waals surface area contributed by atoms with Crippen LogP contribution in [-0.2, 0) is 20.9 Å². The van der Waals surface area contributed by atoms with Gasteiger partial charge in [-0.2, -0.15) is 0 Å². The van der Waals surface area contributed by atoms with Crippen LogP contribution in [0.2, 0.25) is 0 Å². The summed E-state index contributed by atoms with van der Waals surface area (Å²) in [5.74, 6) is -2.29. The molecule has 0 fully saturated rings. The minimum atomic E-state index is -1.98. The number of esters is 1. The molecule has 0 aliphatic heterocycles. The molecule has 0 aliphatic rings. The Bertz CT molecular complexity index is 444. The normalized spacial score (nSPS) is 13.9. The van der Waals surface area contributed by atoms with E-state index < -0.39 is 17.5 Å². The molecule has 1 rings (SSSR count). The van der Waals surface area contributed by atoms with Crippen LogP contribution < -0.4 is 5.73 Å². The van der Waals surface area contributed by atoms with Crippen LogP contribution in [0.25, 0.3) is 0 Å². The van der Waals surface area contributed by atoms with Gasteiger partial charge in [0.2, 0.25) is 5.54 Å². The maximum atomic E-state index is 11.9. The first-order valence-corrected chi connectivity index (χ1v) is 6.09. The summed E-state index contributed by atoms with van der Waals surface area (Å²) < 4.78 is 5.01. The molecule has 0 radical (unpaired) electrons.